The van der Waals surface area contributed by atoms with Crippen molar-refractivity contribution in [3.63, 3.8) is 0 Å². The van der Waals surface area contributed by atoms with Crippen molar-refractivity contribution in [2.45, 2.75) is 26.8 Å². The standard InChI is InChI=1S/C29H27NO6/c1-5-36-29(34)19-10-12-21(13-11-19)30-25(20-8-6-7-17(2)15-20)24(27(32)28(30)33)26(31)22-16-18(3)9-14-23(22)35-4/h6-16,25,31H,5H2,1-4H3/b26-24+. The molecule has 1 aliphatic rings. The number of nitrogens with zero attached hydrogens (tertiary/aromatic N) is 1. The lowest BCUT2D eigenvalue weighted by Crippen LogP contribution is -2.29. The summed E-state index contributed by atoms with van der Waals surface area (Å²) < 4.78 is 10.5. The summed E-state index contributed by atoms with van der Waals surface area (Å²) in [5.74, 6) is -2.00. The Morgan fingerprint density at radius 3 is 2.31 bits per heavy atom. The van der Waals surface area contributed by atoms with Gasteiger partial charge in [0.05, 0.1) is 36.5 Å². The third-order valence-electron chi connectivity index (χ3n) is 6.07. The number of esters is 1. The van der Waals surface area contributed by atoms with Crippen molar-refractivity contribution in [3.05, 3.63) is 100 Å². The van der Waals surface area contributed by atoms with E-state index in [1.54, 1.807) is 43.3 Å². The Kier molecular flexibility index (Phi) is 6.92. The summed E-state index contributed by atoms with van der Waals surface area (Å²) in [5, 5.41) is 11.4. The molecule has 1 aliphatic heterocycles. The lowest BCUT2D eigenvalue weighted by Gasteiger charge is -2.26. The van der Waals surface area contributed by atoms with Crippen molar-refractivity contribution >= 4 is 29.1 Å². The van der Waals surface area contributed by atoms with Crippen LogP contribution in [-0.4, -0.2) is 36.5 Å². The van der Waals surface area contributed by atoms with Crippen LogP contribution in [0.1, 0.15) is 45.6 Å². The van der Waals surface area contributed by atoms with E-state index in [1.807, 2.05) is 44.2 Å². The third-order valence-corrected chi connectivity index (χ3v) is 6.07. The maximum absolute atomic E-state index is 13.4. The Morgan fingerprint density at radius 1 is 0.972 bits per heavy atom. The molecule has 1 unspecified atom stereocenters. The van der Waals surface area contributed by atoms with E-state index in [0.717, 1.165) is 11.1 Å². The molecule has 36 heavy (non-hydrogen) atoms. The minimum atomic E-state index is -0.886. The molecule has 0 aliphatic carbocycles. The summed E-state index contributed by atoms with van der Waals surface area (Å²) >= 11 is 0. The summed E-state index contributed by atoms with van der Waals surface area (Å²) in [6, 6.07) is 18.1. The van der Waals surface area contributed by atoms with Crippen LogP contribution in [0.25, 0.3) is 5.76 Å². The number of anilines is 1. The highest BCUT2D eigenvalue weighted by Gasteiger charge is 2.47. The Bertz CT molecular complexity index is 1370. The molecule has 1 amide bonds. The first-order valence-electron chi connectivity index (χ1n) is 11.6. The van der Waals surface area contributed by atoms with Crippen molar-refractivity contribution < 1.29 is 29.0 Å². The van der Waals surface area contributed by atoms with Crippen LogP contribution in [0.5, 0.6) is 5.75 Å². The van der Waals surface area contributed by atoms with Crippen LogP contribution in [0.3, 0.4) is 0 Å². The lowest BCUT2D eigenvalue weighted by molar-refractivity contribution is -0.132. The van der Waals surface area contributed by atoms with Gasteiger partial charge in [0.15, 0.2) is 0 Å². The van der Waals surface area contributed by atoms with Crippen LogP contribution in [0, 0.1) is 13.8 Å². The van der Waals surface area contributed by atoms with Crippen molar-refractivity contribution in [3.8, 4) is 5.75 Å². The molecule has 1 fully saturated rings. The number of methoxy groups -OCH3 is 1. The number of aliphatic hydroxyl groups excluding tert-OH is 1. The number of Topliss-reactive ketones (excluding diaryl/α,β-unsaturated/α-hetero) is 1. The van der Waals surface area contributed by atoms with Gasteiger partial charge in [0.25, 0.3) is 11.7 Å². The molecule has 3 aromatic rings. The lowest BCUT2D eigenvalue weighted by atomic mass is 9.93. The second-order valence-electron chi connectivity index (χ2n) is 8.55. The normalized spacial score (nSPS) is 16.8. The van der Waals surface area contributed by atoms with Gasteiger partial charge in [-0.2, -0.15) is 0 Å². The quantitative estimate of drug-likeness (QED) is 0.226. The molecule has 3 aromatic carbocycles. The summed E-state index contributed by atoms with van der Waals surface area (Å²) in [4.78, 5) is 40.2. The van der Waals surface area contributed by atoms with E-state index in [9.17, 15) is 19.5 Å². The van der Waals surface area contributed by atoms with Gasteiger partial charge in [-0.25, -0.2) is 4.79 Å². The molecule has 1 N–H and O–H groups in total. The molecule has 4 rings (SSSR count). The molecule has 7 nitrogen and oxygen atoms in total. The predicted octanol–water partition coefficient (Wildman–Crippen LogP) is 5.12. The first kappa shape index (κ1) is 24.7. The third kappa shape index (κ3) is 4.47. The minimum absolute atomic E-state index is 0.0380. The minimum Gasteiger partial charge on any atom is -0.507 e. The fourth-order valence-electron chi connectivity index (χ4n) is 4.38. The first-order chi connectivity index (χ1) is 17.3. The van der Waals surface area contributed by atoms with Gasteiger partial charge in [-0.1, -0.05) is 41.5 Å². The largest absolute Gasteiger partial charge is 0.507 e. The summed E-state index contributed by atoms with van der Waals surface area (Å²) in [6.45, 7) is 5.73. The van der Waals surface area contributed by atoms with Crippen molar-refractivity contribution in [1.29, 1.82) is 0 Å². The number of hydrogen-bond donors (Lipinski definition) is 1. The van der Waals surface area contributed by atoms with E-state index in [4.69, 9.17) is 9.47 Å². The summed E-state index contributed by atoms with van der Waals surface area (Å²) in [6.07, 6.45) is 0. The van der Waals surface area contributed by atoms with Crippen LogP contribution in [0.15, 0.2) is 72.3 Å². The highest BCUT2D eigenvalue weighted by atomic mass is 16.5. The number of amides is 1. The topological polar surface area (TPSA) is 93.1 Å². The Hall–Kier alpha value is -4.39. The summed E-state index contributed by atoms with van der Waals surface area (Å²) in [7, 11) is 1.48. The molecular weight excluding hydrogens is 458 g/mol. The fraction of sp³-hybridized carbons (Fsp3) is 0.207. The van der Waals surface area contributed by atoms with Crippen LogP contribution in [0.2, 0.25) is 0 Å². The van der Waals surface area contributed by atoms with Crippen LogP contribution < -0.4 is 9.64 Å². The van der Waals surface area contributed by atoms with E-state index in [1.165, 1.54) is 12.0 Å². The number of rotatable bonds is 6. The molecule has 7 heteroatoms. The van der Waals surface area contributed by atoms with Crippen LogP contribution >= 0.6 is 0 Å². The van der Waals surface area contributed by atoms with Crippen molar-refractivity contribution in [2.24, 2.45) is 0 Å². The number of carbonyl (C=O) groups is 3. The molecule has 0 bridgehead atoms. The number of ketones is 1. The molecule has 0 radical (unpaired) electrons. The van der Waals surface area contributed by atoms with Gasteiger partial charge in [-0.3, -0.25) is 14.5 Å². The SMILES string of the molecule is CCOC(=O)c1ccc(N2C(=O)C(=O)/C(=C(/O)c3cc(C)ccc3OC)C2c2cccc(C)c2)cc1. The molecule has 1 atom stereocenters. The van der Waals surface area contributed by atoms with Crippen LogP contribution in [0.4, 0.5) is 5.69 Å². The molecule has 0 saturated carbocycles. The number of ether oxygens (including phenoxy) is 2. The molecule has 1 heterocycles. The van der Waals surface area contributed by atoms with E-state index < -0.39 is 23.7 Å². The molecular formula is C29H27NO6. The number of aliphatic hydroxyl groups is 1. The Balaban J connectivity index is 1.91. The van der Waals surface area contributed by atoms with E-state index in [2.05, 4.69) is 0 Å². The predicted molar refractivity (Wildman–Crippen MR) is 136 cm³/mol. The van der Waals surface area contributed by atoms with Gasteiger partial charge >= 0.3 is 5.97 Å². The molecule has 184 valence electrons. The van der Waals surface area contributed by atoms with Gasteiger partial charge < -0.3 is 14.6 Å². The summed E-state index contributed by atoms with van der Waals surface area (Å²) in [5.41, 5.74) is 3.48. The average Bonchev–Trinajstić information content (AvgIpc) is 3.14. The second-order valence-corrected chi connectivity index (χ2v) is 8.55. The number of benzene rings is 3. The fourth-order valence-corrected chi connectivity index (χ4v) is 4.38. The number of hydrogen-bond acceptors (Lipinski definition) is 6. The monoisotopic (exact) mass is 485 g/mol. The van der Waals surface area contributed by atoms with E-state index in [0.29, 0.717) is 28.1 Å². The molecule has 1 saturated heterocycles. The van der Waals surface area contributed by atoms with Gasteiger partial charge in [-0.05, 0) is 62.7 Å². The van der Waals surface area contributed by atoms with Crippen molar-refractivity contribution in [1.82, 2.24) is 0 Å². The van der Waals surface area contributed by atoms with E-state index in [-0.39, 0.29) is 17.9 Å². The van der Waals surface area contributed by atoms with Gasteiger partial charge in [0.1, 0.15) is 11.5 Å². The first-order valence-corrected chi connectivity index (χ1v) is 11.6. The number of carbonyl (C=O) groups excluding carboxylic acids is 3. The maximum atomic E-state index is 13.4. The highest BCUT2D eigenvalue weighted by molar-refractivity contribution is 6.51. The number of aryl methyl sites for hydroxylation is 2. The zero-order chi connectivity index (χ0) is 26.0. The van der Waals surface area contributed by atoms with E-state index >= 15 is 0 Å². The van der Waals surface area contributed by atoms with Crippen LogP contribution in [-0.2, 0) is 14.3 Å². The Labute approximate surface area is 209 Å². The highest BCUT2D eigenvalue weighted by Crippen LogP contribution is 2.43. The smallest absolute Gasteiger partial charge is 0.338 e. The van der Waals surface area contributed by atoms with Gasteiger partial charge in [-0.15, -0.1) is 0 Å². The van der Waals surface area contributed by atoms with Crippen molar-refractivity contribution in [2.75, 3.05) is 18.6 Å². The Morgan fingerprint density at radius 2 is 1.67 bits per heavy atom. The molecule has 0 aromatic heterocycles. The zero-order valence-corrected chi connectivity index (χ0v) is 20.6. The molecule has 0 spiro atoms. The second kappa shape index (κ2) is 10.1. The van der Waals surface area contributed by atoms with Gasteiger partial charge in [0.2, 0.25) is 0 Å². The maximum Gasteiger partial charge on any atom is 0.338 e. The zero-order valence-electron chi connectivity index (χ0n) is 20.6. The average molecular weight is 486 g/mol. The van der Waals surface area contributed by atoms with Gasteiger partial charge in [0, 0.05) is 5.69 Å².